The summed E-state index contributed by atoms with van der Waals surface area (Å²) in [5.41, 5.74) is 3.31. The lowest BCUT2D eigenvalue weighted by Gasteiger charge is -2.35. The van der Waals surface area contributed by atoms with Crippen LogP contribution in [0.1, 0.15) is 63.9 Å². The number of aryl methyl sites for hydroxylation is 1. The third-order valence-electron chi connectivity index (χ3n) is 7.34. The number of para-hydroxylation sites is 1. The van der Waals surface area contributed by atoms with Gasteiger partial charge in [-0.2, -0.15) is 0 Å². The molecule has 0 unspecified atom stereocenters. The van der Waals surface area contributed by atoms with Crippen LogP contribution in [0.5, 0.6) is 0 Å². The molecule has 6 nitrogen and oxygen atoms in total. The number of piperidine rings is 1. The maximum atomic E-state index is 13.9. The van der Waals surface area contributed by atoms with E-state index in [-0.39, 0.29) is 17.9 Å². The van der Waals surface area contributed by atoms with Gasteiger partial charge in [-0.25, -0.2) is 4.98 Å². The van der Waals surface area contributed by atoms with Gasteiger partial charge in [-0.05, 0) is 43.7 Å². The highest BCUT2D eigenvalue weighted by molar-refractivity contribution is 7.15. The van der Waals surface area contributed by atoms with Crippen molar-refractivity contribution in [1.29, 1.82) is 0 Å². The third kappa shape index (κ3) is 4.32. The molecule has 1 N–H and O–H groups in total. The predicted octanol–water partition coefficient (Wildman–Crippen LogP) is 5.60. The van der Waals surface area contributed by atoms with Crippen LogP contribution in [-0.2, 0) is 7.05 Å². The largest absolute Gasteiger partial charge is 0.350 e. The number of carbonyl (C=O) groups excluding carboxylic acids is 2. The molecule has 36 heavy (non-hydrogen) atoms. The van der Waals surface area contributed by atoms with Crippen molar-refractivity contribution in [2.45, 2.75) is 44.1 Å². The molecule has 2 aliphatic rings. The lowest BCUT2D eigenvalue weighted by molar-refractivity contribution is 0.0598. The highest BCUT2D eigenvalue weighted by Gasteiger charge is 2.34. The van der Waals surface area contributed by atoms with Crippen LogP contribution >= 0.6 is 11.3 Å². The summed E-state index contributed by atoms with van der Waals surface area (Å²) in [6.45, 7) is 1.13. The van der Waals surface area contributed by atoms with E-state index in [2.05, 4.69) is 17.4 Å². The van der Waals surface area contributed by atoms with E-state index in [1.165, 1.54) is 0 Å². The van der Waals surface area contributed by atoms with Crippen LogP contribution < -0.4 is 5.32 Å². The molecular weight excluding hydrogens is 468 g/mol. The Morgan fingerprint density at radius 2 is 1.81 bits per heavy atom. The summed E-state index contributed by atoms with van der Waals surface area (Å²) in [5.74, 6) is 0.386. The lowest BCUT2D eigenvalue weighted by Crippen LogP contribution is -2.49. The molecule has 0 radical (unpaired) electrons. The van der Waals surface area contributed by atoms with Crippen molar-refractivity contribution in [1.82, 2.24) is 19.8 Å². The molecule has 3 heterocycles. The summed E-state index contributed by atoms with van der Waals surface area (Å²) in [6.07, 6.45) is 7.09. The summed E-state index contributed by atoms with van der Waals surface area (Å²) in [5, 5.41) is 5.15. The quantitative estimate of drug-likeness (QED) is 0.376. The van der Waals surface area contributed by atoms with Crippen molar-refractivity contribution >= 4 is 34.1 Å². The average molecular weight is 499 g/mol. The normalized spacial score (nSPS) is 17.9. The Kier molecular flexibility index (Phi) is 6.09. The zero-order valence-electron chi connectivity index (χ0n) is 20.4. The van der Waals surface area contributed by atoms with E-state index in [0.717, 1.165) is 58.5 Å². The van der Waals surface area contributed by atoms with Gasteiger partial charge in [0.15, 0.2) is 0 Å². The van der Waals surface area contributed by atoms with Gasteiger partial charge in [0, 0.05) is 49.2 Å². The van der Waals surface area contributed by atoms with Gasteiger partial charge in [0.2, 0.25) is 0 Å². The average Bonchev–Trinajstić information content (AvgIpc) is 3.59. The van der Waals surface area contributed by atoms with Crippen LogP contribution in [0.25, 0.3) is 21.3 Å². The van der Waals surface area contributed by atoms with E-state index < -0.39 is 0 Å². The minimum Gasteiger partial charge on any atom is -0.350 e. The molecule has 0 bridgehead atoms. The van der Waals surface area contributed by atoms with Crippen LogP contribution in [0, 0.1) is 0 Å². The molecule has 184 valence electrons. The third-order valence-corrected chi connectivity index (χ3v) is 8.60. The zero-order chi connectivity index (χ0) is 24.6. The maximum absolute atomic E-state index is 13.9. The molecule has 1 saturated heterocycles. The highest BCUT2D eigenvalue weighted by Crippen LogP contribution is 2.45. The van der Waals surface area contributed by atoms with Crippen LogP contribution in [0.3, 0.4) is 0 Å². The van der Waals surface area contributed by atoms with E-state index >= 15 is 0 Å². The highest BCUT2D eigenvalue weighted by atomic mass is 32.1. The van der Waals surface area contributed by atoms with Crippen LogP contribution in [0.4, 0.5) is 0 Å². The molecule has 7 heteroatoms. The smallest absolute Gasteiger partial charge is 0.274 e. The second kappa shape index (κ2) is 9.54. The fourth-order valence-corrected chi connectivity index (χ4v) is 6.45. The first kappa shape index (κ1) is 23.0. The number of likely N-dealkylation sites (tertiary alicyclic amines) is 1. The molecule has 1 aliphatic carbocycles. The molecule has 1 atom stereocenters. The Bertz CT molecular complexity index is 1420. The maximum Gasteiger partial charge on any atom is 0.274 e. The number of hydrogen-bond donors (Lipinski definition) is 1. The van der Waals surface area contributed by atoms with E-state index in [1.54, 1.807) is 11.3 Å². The molecular formula is C29H30N4O2S. The Labute approximate surface area is 215 Å². The van der Waals surface area contributed by atoms with Gasteiger partial charge in [0.1, 0.15) is 5.69 Å². The Balaban J connectivity index is 1.23. The van der Waals surface area contributed by atoms with Crippen molar-refractivity contribution in [2.24, 2.45) is 7.05 Å². The number of carbonyl (C=O) groups is 2. The topological polar surface area (TPSA) is 67.2 Å². The molecule has 2 amide bonds. The van der Waals surface area contributed by atoms with Gasteiger partial charge in [-0.1, -0.05) is 48.5 Å². The van der Waals surface area contributed by atoms with E-state index in [0.29, 0.717) is 30.3 Å². The van der Waals surface area contributed by atoms with E-state index in [4.69, 9.17) is 4.98 Å². The summed E-state index contributed by atoms with van der Waals surface area (Å²) < 4.78 is 1.98. The summed E-state index contributed by atoms with van der Waals surface area (Å²) >= 11 is 1.67. The number of amides is 2. The number of aromatic nitrogens is 2. The standard InChI is InChI=1S/C29H30N4O2S/c1-32-18-23(22-12-5-6-13-24(22)32)27(34)30-17-21-11-7-8-16-33(21)29(35)25-26(19-9-3-2-4-10-19)36-28(31-25)20-14-15-20/h2-6,9-10,12-13,18,20-21H,7-8,11,14-17H2,1H3,(H,30,34)/t21-/m0/s1. The fourth-order valence-electron chi connectivity index (χ4n) is 5.22. The first-order chi connectivity index (χ1) is 17.6. The Morgan fingerprint density at radius 3 is 2.61 bits per heavy atom. The predicted molar refractivity (Wildman–Crippen MR) is 143 cm³/mol. The molecule has 2 fully saturated rings. The monoisotopic (exact) mass is 498 g/mol. The fraction of sp³-hybridized carbons (Fsp3) is 0.345. The molecule has 0 spiro atoms. The second-order valence-electron chi connectivity index (χ2n) is 9.90. The number of thiazole rings is 1. The number of hydrogen-bond acceptors (Lipinski definition) is 4. The minimum atomic E-state index is -0.0978. The summed E-state index contributed by atoms with van der Waals surface area (Å²) in [7, 11) is 1.95. The van der Waals surface area contributed by atoms with E-state index in [9.17, 15) is 9.59 Å². The number of fused-ring (bicyclic) bond motifs is 1. The number of nitrogens with zero attached hydrogens (tertiary/aromatic N) is 3. The summed E-state index contributed by atoms with van der Waals surface area (Å²) in [4.78, 5) is 34.8. The van der Waals surface area contributed by atoms with Crippen molar-refractivity contribution in [3.63, 3.8) is 0 Å². The number of rotatable bonds is 6. The summed E-state index contributed by atoms with van der Waals surface area (Å²) in [6, 6.07) is 18.0. The lowest BCUT2D eigenvalue weighted by atomic mass is 10.0. The second-order valence-corrected chi connectivity index (χ2v) is 10.9. The van der Waals surface area contributed by atoms with Crippen LogP contribution in [0.2, 0.25) is 0 Å². The molecule has 1 aliphatic heterocycles. The zero-order valence-corrected chi connectivity index (χ0v) is 21.3. The number of benzene rings is 2. The molecule has 6 rings (SSSR count). The van der Waals surface area contributed by atoms with Crippen molar-refractivity contribution < 1.29 is 9.59 Å². The van der Waals surface area contributed by atoms with E-state index in [1.807, 2.05) is 65.2 Å². The van der Waals surface area contributed by atoms with Crippen molar-refractivity contribution in [3.8, 4) is 10.4 Å². The SMILES string of the molecule is Cn1cc(C(=O)NC[C@@H]2CCCCN2C(=O)c2nc(C3CC3)sc2-c2ccccc2)c2ccccc21. The van der Waals surface area contributed by atoms with Gasteiger partial charge < -0.3 is 14.8 Å². The van der Waals surface area contributed by atoms with Gasteiger partial charge >= 0.3 is 0 Å². The van der Waals surface area contributed by atoms with Crippen LogP contribution in [-0.4, -0.2) is 45.4 Å². The molecule has 1 saturated carbocycles. The molecule has 4 aromatic rings. The van der Waals surface area contributed by atoms with Gasteiger partial charge in [-0.3, -0.25) is 9.59 Å². The molecule has 2 aromatic heterocycles. The first-order valence-corrected chi connectivity index (χ1v) is 13.6. The van der Waals surface area contributed by atoms with Crippen molar-refractivity contribution in [3.05, 3.63) is 77.1 Å². The minimum absolute atomic E-state index is 0.0129. The van der Waals surface area contributed by atoms with Gasteiger partial charge in [0.25, 0.3) is 11.8 Å². The van der Waals surface area contributed by atoms with Crippen molar-refractivity contribution in [2.75, 3.05) is 13.1 Å². The first-order valence-electron chi connectivity index (χ1n) is 12.8. The molecule has 2 aromatic carbocycles. The van der Waals surface area contributed by atoms with Gasteiger partial charge in [-0.15, -0.1) is 11.3 Å². The van der Waals surface area contributed by atoms with Crippen LogP contribution in [0.15, 0.2) is 60.8 Å². The number of nitrogens with one attached hydrogen (secondary N) is 1. The Hall–Kier alpha value is -3.45. The van der Waals surface area contributed by atoms with Gasteiger partial charge in [0.05, 0.1) is 15.4 Å². The Morgan fingerprint density at radius 1 is 1.03 bits per heavy atom.